The summed E-state index contributed by atoms with van der Waals surface area (Å²) in [7, 11) is 0. The summed E-state index contributed by atoms with van der Waals surface area (Å²) in [5.74, 6) is 0.596. The highest BCUT2D eigenvalue weighted by Gasteiger charge is 2.04. The summed E-state index contributed by atoms with van der Waals surface area (Å²) in [6, 6.07) is 8.64. The molecule has 0 aliphatic rings. The van der Waals surface area contributed by atoms with Gasteiger partial charge in [0.15, 0.2) is 5.82 Å². The van der Waals surface area contributed by atoms with E-state index in [4.69, 9.17) is 0 Å². The lowest BCUT2D eigenvalue weighted by Crippen LogP contribution is -2.07. The van der Waals surface area contributed by atoms with Crippen molar-refractivity contribution < 1.29 is 4.39 Å². The fourth-order valence-corrected chi connectivity index (χ4v) is 2.20. The van der Waals surface area contributed by atoms with E-state index in [1.165, 1.54) is 6.07 Å². The van der Waals surface area contributed by atoms with E-state index in [1.807, 2.05) is 25.3 Å². The molecule has 0 unspecified atom stereocenters. The highest BCUT2D eigenvalue weighted by atomic mass is 19.1. The average Bonchev–Trinajstić information content (AvgIpc) is 2.80. The van der Waals surface area contributed by atoms with Crippen LogP contribution in [0.2, 0.25) is 0 Å². The minimum Gasteiger partial charge on any atom is -0.368 e. The van der Waals surface area contributed by atoms with Crippen molar-refractivity contribution >= 4 is 11.3 Å². The molecule has 1 aromatic carbocycles. The molecule has 3 aromatic rings. The molecule has 20 heavy (non-hydrogen) atoms. The van der Waals surface area contributed by atoms with Crippen molar-refractivity contribution in [3.8, 4) is 0 Å². The molecule has 2 heterocycles. The van der Waals surface area contributed by atoms with E-state index in [9.17, 15) is 4.39 Å². The standard InChI is InChI=1S/C15H15FN4/c1-11-9-14-15(18-7-8-20(14)19-11)17-6-5-12-3-2-4-13(16)10-12/h2-4,7-10H,5-6H2,1H3,(H,17,18). The number of anilines is 1. The Labute approximate surface area is 116 Å². The molecular weight excluding hydrogens is 255 g/mol. The van der Waals surface area contributed by atoms with Gasteiger partial charge in [-0.2, -0.15) is 5.10 Å². The number of aromatic nitrogens is 3. The van der Waals surface area contributed by atoms with Gasteiger partial charge in [-0.05, 0) is 37.1 Å². The van der Waals surface area contributed by atoms with Crippen LogP contribution in [0.5, 0.6) is 0 Å². The van der Waals surface area contributed by atoms with Crippen LogP contribution in [0.25, 0.3) is 5.52 Å². The number of rotatable bonds is 4. The maximum Gasteiger partial charge on any atom is 0.152 e. The molecule has 0 amide bonds. The molecule has 5 heteroatoms. The molecule has 1 N–H and O–H groups in total. The van der Waals surface area contributed by atoms with Gasteiger partial charge in [-0.1, -0.05) is 12.1 Å². The quantitative estimate of drug-likeness (QED) is 0.792. The maximum atomic E-state index is 13.1. The number of aryl methyl sites for hydroxylation is 1. The topological polar surface area (TPSA) is 42.2 Å². The van der Waals surface area contributed by atoms with Gasteiger partial charge >= 0.3 is 0 Å². The Bertz CT molecular complexity index is 736. The molecule has 0 fully saturated rings. The van der Waals surface area contributed by atoms with Crippen molar-refractivity contribution in [1.29, 1.82) is 0 Å². The zero-order valence-electron chi connectivity index (χ0n) is 11.2. The van der Waals surface area contributed by atoms with E-state index in [0.717, 1.165) is 29.0 Å². The lowest BCUT2D eigenvalue weighted by Gasteiger charge is -2.07. The Morgan fingerprint density at radius 3 is 3.05 bits per heavy atom. The minimum atomic E-state index is -0.200. The number of benzene rings is 1. The van der Waals surface area contributed by atoms with Gasteiger partial charge in [-0.3, -0.25) is 0 Å². The van der Waals surface area contributed by atoms with Crippen molar-refractivity contribution in [1.82, 2.24) is 14.6 Å². The first-order valence-corrected chi connectivity index (χ1v) is 6.52. The van der Waals surface area contributed by atoms with Crippen LogP contribution in [-0.4, -0.2) is 21.1 Å². The number of nitrogens with zero attached hydrogens (tertiary/aromatic N) is 3. The third kappa shape index (κ3) is 2.61. The minimum absolute atomic E-state index is 0.200. The van der Waals surface area contributed by atoms with E-state index in [0.29, 0.717) is 6.54 Å². The SMILES string of the molecule is Cc1cc2c(NCCc3cccc(F)c3)nccn2n1. The van der Waals surface area contributed by atoms with Crippen molar-refractivity contribution in [2.75, 3.05) is 11.9 Å². The Balaban J connectivity index is 1.71. The largest absolute Gasteiger partial charge is 0.368 e. The van der Waals surface area contributed by atoms with Crippen molar-refractivity contribution in [2.24, 2.45) is 0 Å². The Kier molecular flexibility index (Phi) is 3.33. The third-order valence-electron chi connectivity index (χ3n) is 3.11. The molecule has 0 saturated heterocycles. The molecule has 0 spiro atoms. The highest BCUT2D eigenvalue weighted by Crippen LogP contribution is 2.14. The van der Waals surface area contributed by atoms with Crippen molar-refractivity contribution in [3.05, 3.63) is 59.8 Å². The number of halogens is 1. The molecular formula is C15H15FN4. The van der Waals surface area contributed by atoms with Crippen LogP contribution < -0.4 is 5.32 Å². The lowest BCUT2D eigenvalue weighted by atomic mass is 10.1. The van der Waals surface area contributed by atoms with E-state index in [-0.39, 0.29) is 5.82 Å². The summed E-state index contributed by atoms with van der Waals surface area (Å²) in [5.41, 5.74) is 2.87. The normalized spacial score (nSPS) is 10.9. The van der Waals surface area contributed by atoms with Gasteiger partial charge in [0.1, 0.15) is 11.3 Å². The molecule has 0 saturated carbocycles. The zero-order chi connectivity index (χ0) is 13.9. The lowest BCUT2D eigenvalue weighted by molar-refractivity contribution is 0.625. The number of fused-ring (bicyclic) bond motifs is 1. The molecule has 0 atom stereocenters. The second-order valence-electron chi connectivity index (χ2n) is 4.70. The van der Waals surface area contributed by atoms with Crippen LogP contribution in [0.3, 0.4) is 0 Å². The Morgan fingerprint density at radius 2 is 2.20 bits per heavy atom. The number of hydrogen-bond donors (Lipinski definition) is 1. The molecule has 0 aliphatic heterocycles. The first kappa shape index (κ1) is 12.6. The van der Waals surface area contributed by atoms with Crippen LogP contribution in [0.15, 0.2) is 42.7 Å². The monoisotopic (exact) mass is 270 g/mol. The maximum absolute atomic E-state index is 13.1. The van der Waals surface area contributed by atoms with Crippen LogP contribution in [-0.2, 0) is 6.42 Å². The number of hydrogen-bond acceptors (Lipinski definition) is 3. The van der Waals surface area contributed by atoms with E-state index < -0.39 is 0 Å². The predicted molar refractivity (Wildman–Crippen MR) is 76.3 cm³/mol. The Morgan fingerprint density at radius 1 is 1.30 bits per heavy atom. The first-order chi connectivity index (χ1) is 9.72. The summed E-state index contributed by atoms with van der Waals surface area (Å²) >= 11 is 0. The number of nitrogens with one attached hydrogen (secondary N) is 1. The van der Waals surface area contributed by atoms with Crippen molar-refractivity contribution in [3.63, 3.8) is 0 Å². The average molecular weight is 270 g/mol. The van der Waals surface area contributed by atoms with Gasteiger partial charge in [-0.25, -0.2) is 13.9 Å². The van der Waals surface area contributed by atoms with Gasteiger partial charge in [0, 0.05) is 18.9 Å². The van der Waals surface area contributed by atoms with Gasteiger partial charge in [0.05, 0.1) is 5.69 Å². The van der Waals surface area contributed by atoms with E-state index >= 15 is 0 Å². The fourth-order valence-electron chi connectivity index (χ4n) is 2.20. The highest BCUT2D eigenvalue weighted by molar-refractivity contribution is 5.67. The summed E-state index contributed by atoms with van der Waals surface area (Å²) in [6.07, 6.45) is 4.28. The van der Waals surface area contributed by atoms with Gasteiger partial charge in [0.2, 0.25) is 0 Å². The molecule has 2 aromatic heterocycles. The van der Waals surface area contributed by atoms with Crippen LogP contribution >= 0.6 is 0 Å². The molecule has 4 nitrogen and oxygen atoms in total. The molecule has 102 valence electrons. The second kappa shape index (κ2) is 5.28. The van der Waals surface area contributed by atoms with E-state index in [2.05, 4.69) is 15.4 Å². The first-order valence-electron chi connectivity index (χ1n) is 6.52. The van der Waals surface area contributed by atoms with Gasteiger partial charge in [0.25, 0.3) is 0 Å². The third-order valence-corrected chi connectivity index (χ3v) is 3.11. The molecule has 0 radical (unpaired) electrons. The molecule has 0 aliphatic carbocycles. The summed E-state index contributed by atoms with van der Waals surface area (Å²) in [6.45, 7) is 2.64. The van der Waals surface area contributed by atoms with Crippen LogP contribution in [0.4, 0.5) is 10.2 Å². The van der Waals surface area contributed by atoms with Crippen LogP contribution in [0.1, 0.15) is 11.3 Å². The summed E-state index contributed by atoms with van der Waals surface area (Å²) in [5, 5.41) is 7.61. The zero-order valence-corrected chi connectivity index (χ0v) is 11.2. The predicted octanol–water partition coefficient (Wildman–Crippen LogP) is 2.83. The second-order valence-corrected chi connectivity index (χ2v) is 4.70. The summed E-state index contributed by atoms with van der Waals surface area (Å²) in [4.78, 5) is 4.32. The van der Waals surface area contributed by atoms with Gasteiger partial charge in [-0.15, -0.1) is 0 Å². The molecule has 3 rings (SSSR count). The van der Waals surface area contributed by atoms with Crippen LogP contribution in [0, 0.1) is 12.7 Å². The van der Waals surface area contributed by atoms with Gasteiger partial charge < -0.3 is 5.32 Å². The summed E-state index contributed by atoms with van der Waals surface area (Å²) < 4.78 is 14.9. The van der Waals surface area contributed by atoms with E-state index in [1.54, 1.807) is 22.8 Å². The fraction of sp³-hybridized carbons (Fsp3) is 0.200. The molecule has 0 bridgehead atoms. The Hall–Kier alpha value is -2.43. The smallest absolute Gasteiger partial charge is 0.152 e. The van der Waals surface area contributed by atoms with Crippen molar-refractivity contribution in [2.45, 2.75) is 13.3 Å².